The number of ether oxygens (including phenoxy) is 1. The molecule has 0 bridgehead atoms. The number of likely N-dealkylation sites (tertiary alicyclic amines) is 1. The number of aliphatic carboxylic acids is 1. The van der Waals surface area contributed by atoms with Crippen molar-refractivity contribution in [3.05, 3.63) is 45.9 Å². The summed E-state index contributed by atoms with van der Waals surface area (Å²) < 4.78 is 6.04. The molecule has 3 rings (SSSR count). The van der Waals surface area contributed by atoms with Gasteiger partial charge < -0.3 is 36.2 Å². The number of nitrogen functional groups attached to an aromatic ring is 1. The van der Waals surface area contributed by atoms with Crippen molar-refractivity contribution in [3.63, 3.8) is 0 Å². The Labute approximate surface area is 363 Å². The molecule has 60 heavy (non-hydrogen) atoms. The zero-order valence-electron chi connectivity index (χ0n) is 37.7. The number of piperidine rings is 1. The second-order valence-corrected chi connectivity index (χ2v) is 18.6. The lowest BCUT2D eigenvalue weighted by atomic mass is 9.84. The number of aliphatic hydroxyl groups is 1. The van der Waals surface area contributed by atoms with Crippen LogP contribution < -0.4 is 16.4 Å². The third kappa shape index (κ3) is 15.4. The predicted octanol–water partition coefficient (Wildman–Crippen LogP) is 6.89. The third-order valence-corrected chi connectivity index (χ3v) is 13.1. The van der Waals surface area contributed by atoms with E-state index in [0.29, 0.717) is 57.7 Å². The van der Waals surface area contributed by atoms with Crippen molar-refractivity contribution in [2.75, 3.05) is 45.2 Å². The standard InChI is InChI=1S/C46H76N6O7S/c1-9-12-13-15-23-52(44(56)40(32(6)10-2)50-42(55)38-17-14-16-22-51(38)24-25-53)39(31(4)5)27-34(29-59-11-3)43-49-37(30-60-43)41(54)48-36(28-46(7,8)45(57)58)26-33-18-20-35(47)21-19-33/h18-21,30-32,34,36,38-40,53H,9-17,22-29,47H2,1-8H3,(H,48,54)(H,50,55)(H,57,58)/t32-,34-,36-,38+,39+,40-/m0/s1. The van der Waals surface area contributed by atoms with Crippen LogP contribution in [0.25, 0.3) is 0 Å². The van der Waals surface area contributed by atoms with E-state index >= 15 is 4.79 Å². The topological polar surface area (TPSA) is 187 Å². The molecule has 6 atom stereocenters. The average molecular weight is 857 g/mol. The number of carboxylic acids is 1. The Balaban J connectivity index is 1.94. The number of aromatic nitrogens is 1. The van der Waals surface area contributed by atoms with Gasteiger partial charge in [0.05, 0.1) is 29.7 Å². The van der Waals surface area contributed by atoms with Crippen molar-refractivity contribution in [3.8, 4) is 0 Å². The molecule has 1 aromatic carbocycles. The number of nitrogens with zero attached hydrogens (tertiary/aromatic N) is 3. The number of unbranched alkanes of at least 4 members (excludes halogenated alkanes) is 3. The Morgan fingerprint density at radius 3 is 2.38 bits per heavy atom. The van der Waals surface area contributed by atoms with Gasteiger partial charge in [-0.15, -0.1) is 11.3 Å². The highest BCUT2D eigenvalue weighted by Crippen LogP contribution is 2.32. The number of hydrogen-bond donors (Lipinski definition) is 5. The zero-order chi connectivity index (χ0) is 44.4. The van der Waals surface area contributed by atoms with Gasteiger partial charge in [-0.3, -0.25) is 24.1 Å². The molecule has 0 unspecified atom stereocenters. The Bertz CT molecular complexity index is 1620. The van der Waals surface area contributed by atoms with Gasteiger partial charge in [-0.1, -0.05) is 78.9 Å². The molecule has 2 heterocycles. The van der Waals surface area contributed by atoms with E-state index in [0.717, 1.165) is 55.6 Å². The molecule has 1 aliphatic heterocycles. The van der Waals surface area contributed by atoms with Gasteiger partial charge in [0.25, 0.3) is 5.91 Å². The lowest BCUT2D eigenvalue weighted by Crippen LogP contribution is -2.59. The van der Waals surface area contributed by atoms with Gasteiger partial charge in [0.2, 0.25) is 11.8 Å². The van der Waals surface area contributed by atoms with E-state index < -0.39 is 23.5 Å². The summed E-state index contributed by atoms with van der Waals surface area (Å²) in [6.07, 6.45) is 8.44. The fraction of sp³-hybridized carbons (Fsp3) is 0.717. The minimum Gasteiger partial charge on any atom is -0.481 e. The number of benzene rings is 1. The molecule has 1 fully saturated rings. The number of nitrogens with two attached hydrogens (primary N) is 1. The number of β-amino-alcohol motifs (C(OH)–C–C–N with tert-alkyl or cyclic N) is 1. The number of nitrogens with one attached hydrogen (secondary N) is 2. The Kier molecular flexibility index (Phi) is 21.5. The molecule has 1 saturated heterocycles. The minimum atomic E-state index is -1.08. The van der Waals surface area contributed by atoms with E-state index in [4.69, 9.17) is 15.5 Å². The molecule has 0 radical (unpaired) electrons. The van der Waals surface area contributed by atoms with Crippen molar-refractivity contribution in [2.45, 2.75) is 156 Å². The maximum atomic E-state index is 15.0. The molecule has 0 saturated carbocycles. The maximum Gasteiger partial charge on any atom is 0.309 e. The molecule has 13 nitrogen and oxygen atoms in total. The van der Waals surface area contributed by atoms with Crippen molar-refractivity contribution < 1.29 is 34.1 Å². The summed E-state index contributed by atoms with van der Waals surface area (Å²) in [5, 5.41) is 28.4. The van der Waals surface area contributed by atoms with E-state index in [1.165, 1.54) is 11.3 Å². The minimum absolute atomic E-state index is 0.0243. The number of carbonyl (C=O) groups is 4. The highest BCUT2D eigenvalue weighted by Gasteiger charge is 2.39. The molecule has 2 aromatic rings. The van der Waals surface area contributed by atoms with Gasteiger partial charge >= 0.3 is 5.97 Å². The molecule has 338 valence electrons. The first-order valence-electron chi connectivity index (χ1n) is 22.4. The van der Waals surface area contributed by atoms with Crippen molar-refractivity contribution in [1.29, 1.82) is 0 Å². The van der Waals surface area contributed by atoms with Crippen LogP contribution >= 0.6 is 11.3 Å². The lowest BCUT2D eigenvalue weighted by molar-refractivity contribution is -0.147. The smallest absolute Gasteiger partial charge is 0.309 e. The largest absolute Gasteiger partial charge is 0.481 e. The van der Waals surface area contributed by atoms with Gasteiger partial charge in [0, 0.05) is 48.8 Å². The number of rotatable bonds is 27. The van der Waals surface area contributed by atoms with Crippen LogP contribution in [0.4, 0.5) is 5.69 Å². The SMILES string of the molecule is CCCCCCN(C(=O)[C@@H](NC(=O)[C@H]1CCCCN1CCO)[C@@H](C)CC)[C@H](C[C@@H](COCC)c1nc(C(=O)N[C@@H](Cc2ccc(N)cc2)CC(C)(C)C(=O)O)cs1)C(C)C. The molecule has 1 aliphatic rings. The first kappa shape index (κ1) is 50.8. The summed E-state index contributed by atoms with van der Waals surface area (Å²) in [6.45, 7) is 18.3. The third-order valence-electron chi connectivity index (χ3n) is 12.1. The monoisotopic (exact) mass is 857 g/mol. The normalized spacial score (nSPS) is 17.4. The second kappa shape index (κ2) is 25.4. The van der Waals surface area contributed by atoms with E-state index in [1.807, 2.05) is 42.7 Å². The number of thiazole rings is 1. The number of amides is 3. The van der Waals surface area contributed by atoms with Crippen LogP contribution in [0.1, 0.15) is 147 Å². The van der Waals surface area contributed by atoms with Crippen LogP contribution in [0.3, 0.4) is 0 Å². The quantitative estimate of drug-likeness (QED) is 0.0468. The number of anilines is 1. The summed E-state index contributed by atoms with van der Waals surface area (Å²) >= 11 is 1.39. The van der Waals surface area contributed by atoms with Gasteiger partial charge in [-0.05, 0) is 95.4 Å². The molecular weight excluding hydrogens is 781 g/mol. The van der Waals surface area contributed by atoms with E-state index in [2.05, 4.69) is 31.4 Å². The summed E-state index contributed by atoms with van der Waals surface area (Å²) in [5.41, 5.74) is 6.61. The highest BCUT2D eigenvalue weighted by atomic mass is 32.1. The van der Waals surface area contributed by atoms with Gasteiger partial charge in [0.15, 0.2) is 0 Å². The van der Waals surface area contributed by atoms with Crippen LogP contribution in [0.5, 0.6) is 0 Å². The predicted molar refractivity (Wildman–Crippen MR) is 240 cm³/mol. The van der Waals surface area contributed by atoms with Crippen molar-refractivity contribution in [1.82, 2.24) is 25.4 Å². The first-order chi connectivity index (χ1) is 28.6. The molecule has 1 aromatic heterocycles. The van der Waals surface area contributed by atoms with Gasteiger partial charge in [0.1, 0.15) is 11.7 Å². The van der Waals surface area contributed by atoms with Crippen LogP contribution in [-0.4, -0.2) is 112 Å². The summed E-state index contributed by atoms with van der Waals surface area (Å²) in [6, 6.07) is 5.56. The molecular formula is C46H76N6O7S. The molecule has 6 N–H and O–H groups in total. The number of hydrogen-bond acceptors (Lipinski definition) is 10. The molecule has 0 aliphatic carbocycles. The van der Waals surface area contributed by atoms with Crippen molar-refractivity contribution >= 4 is 40.7 Å². The van der Waals surface area contributed by atoms with Crippen LogP contribution in [0.15, 0.2) is 29.6 Å². The van der Waals surface area contributed by atoms with E-state index in [9.17, 15) is 24.6 Å². The zero-order valence-corrected chi connectivity index (χ0v) is 38.5. The van der Waals surface area contributed by atoms with Crippen molar-refractivity contribution in [2.24, 2.45) is 17.3 Å². The number of aliphatic hydroxyl groups excluding tert-OH is 1. The highest BCUT2D eigenvalue weighted by molar-refractivity contribution is 7.09. The second-order valence-electron chi connectivity index (χ2n) is 17.7. The number of carboxylic acid groups (broad SMARTS) is 1. The lowest BCUT2D eigenvalue weighted by Gasteiger charge is -2.40. The van der Waals surface area contributed by atoms with Gasteiger partial charge in [-0.2, -0.15) is 0 Å². The fourth-order valence-corrected chi connectivity index (χ4v) is 9.05. The Hall–Kier alpha value is -3.59. The first-order valence-corrected chi connectivity index (χ1v) is 23.3. The molecule has 14 heteroatoms. The Morgan fingerprint density at radius 1 is 1.05 bits per heavy atom. The maximum absolute atomic E-state index is 15.0. The van der Waals surface area contributed by atoms with E-state index in [-0.39, 0.29) is 66.3 Å². The average Bonchev–Trinajstić information content (AvgIpc) is 3.71. The van der Waals surface area contributed by atoms with Crippen LogP contribution in [-0.2, 0) is 25.5 Å². The summed E-state index contributed by atoms with van der Waals surface area (Å²) in [4.78, 5) is 63.9. The molecule has 3 amide bonds. The van der Waals surface area contributed by atoms with E-state index in [1.54, 1.807) is 31.4 Å². The van der Waals surface area contributed by atoms with Gasteiger partial charge in [-0.25, -0.2) is 4.98 Å². The fourth-order valence-electron chi connectivity index (χ4n) is 8.15. The summed E-state index contributed by atoms with van der Waals surface area (Å²) in [7, 11) is 0. The summed E-state index contributed by atoms with van der Waals surface area (Å²) in [5.74, 6) is -1.83. The Morgan fingerprint density at radius 2 is 1.77 bits per heavy atom. The van der Waals surface area contributed by atoms with Crippen LogP contribution in [0, 0.1) is 17.3 Å². The number of carbonyl (C=O) groups excluding carboxylic acids is 3. The van der Waals surface area contributed by atoms with Crippen LogP contribution in [0.2, 0.25) is 0 Å². The molecule has 0 spiro atoms.